The lowest BCUT2D eigenvalue weighted by Gasteiger charge is -2.23. The summed E-state index contributed by atoms with van der Waals surface area (Å²) in [6.45, 7) is 7.31. The van der Waals surface area contributed by atoms with Crippen LogP contribution < -0.4 is 10.2 Å². The van der Waals surface area contributed by atoms with Crippen molar-refractivity contribution >= 4 is 35.3 Å². The van der Waals surface area contributed by atoms with Gasteiger partial charge in [0, 0.05) is 37.2 Å². The lowest BCUT2D eigenvalue weighted by Crippen LogP contribution is -2.40. The molecule has 12 heteroatoms. The maximum absolute atomic E-state index is 13.6. The first-order chi connectivity index (χ1) is 20.4. The normalized spacial score (nSPS) is 12.9. The van der Waals surface area contributed by atoms with Gasteiger partial charge in [0.1, 0.15) is 12.1 Å². The molecule has 12 nitrogen and oxygen atoms in total. The number of nitrogens with zero attached hydrogens (tertiary/aromatic N) is 3. The van der Waals surface area contributed by atoms with Crippen molar-refractivity contribution in [1.82, 2.24) is 10.2 Å². The van der Waals surface area contributed by atoms with Crippen LogP contribution in [0.4, 0.5) is 16.2 Å². The predicted molar refractivity (Wildman–Crippen MR) is 158 cm³/mol. The number of esters is 1. The third-order valence-electron chi connectivity index (χ3n) is 6.16. The Hall–Kier alpha value is -4.92. The molecule has 0 unspecified atom stereocenters. The monoisotopic (exact) mass is 592 g/mol. The molecule has 2 aromatic rings. The van der Waals surface area contributed by atoms with Gasteiger partial charge in [-0.2, -0.15) is 0 Å². The van der Waals surface area contributed by atoms with Crippen LogP contribution in [-0.4, -0.2) is 65.5 Å². The predicted octanol–water partition coefficient (Wildman–Crippen LogP) is 4.19. The van der Waals surface area contributed by atoms with Gasteiger partial charge in [-0.05, 0) is 57.9 Å². The zero-order valence-corrected chi connectivity index (χ0v) is 24.8. The van der Waals surface area contributed by atoms with Crippen molar-refractivity contribution in [2.75, 3.05) is 31.1 Å². The summed E-state index contributed by atoms with van der Waals surface area (Å²) in [5.74, 6) is 4.72. The number of hydrogen-bond acceptors (Lipinski definition) is 8. The second-order valence-electron chi connectivity index (χ2n) is 10.8. The van der Waals surface area contributed by atoms with E-state index in [1.54, 1.807) is 52.0 Å². The van der Waals surface area contributed by atoms with Gasteiger partial charge in [0.2, 0.25) is 5.91 Å². The van der Waals surface area contributed by atoms with Crippen molar-refractivity contribution in [3.8, 4) is 11.8 Å². The SMILES string of the molecule is CCOC(=O)CCN1CC(=O)N(Cc2cccc([N+](=O)[O-])c2)c2ccc(C#CCCCNC(=O)OC(C)(C)C)cc2C1=O. The van der Waals surface area contributed by atoms with E-state index in [2.05, 4.69) is 17.2 Å². The Bertz CT molecular complexity index is 1440. The summed E-state index contributed by atoms with van der Waals surface area (Å²) in [5.41, 5.74) is 0.928. The minimum absolute atomic E-state index is 0.00217. The van der Waals surface area contributed by atoms with Crippen molar-refractivity contribution in [3.05, 3.63) is 69.3 Å². The molecule has 0 atom stereocenters. The fourth-order valence-electron chi connectivity index (χ4n) is 4.26. The van der Waals surface area contributed by atoms with Crippen LogP contribution in [0.1, 0.15) is 68.4 Å². The summed E-state index contributed by atoms with van der Waals surface area (Å²) in [6, 6.07) is 10.9. The van der Waals surface area contributed by atoms with Crippen LogP contribution >= 0.6 is 0 Å². The Morgan fingerprint density at radius 3 is 2.60 bits per heavy atom. The molecule has 0 fully saturated rings. The number of unbranched alkanes of at least 4 members (excludes halogenated alkanes) is 1. The van der Waals surface area contributed by atoms with Gasteiger partial charge in [-0.3, -0.25) is 24.5 Å². The number of alkyl carbamates (subject to hydrolysis) is 1. The van der Waals surface area contributed by atoms with E-state index < -0.39 is 34.4 Å². The molecular formula is C31H36N4O8. The molecule has 0 radical (unpaired) electrons. The minimum atomic E-state index is -0.583. The van der Waals surface area contributed by atoms with Crippen LogP contribution in [0.3, 0.4) is 0 Å². The van der Waals surface area contributed by atoms with E-state index in [9.17, 15) is 29.3 Å². The Balaban J connectivity index is 1.82. The highest BCUT2D eigenvalue weighted by Gasteiger charge is 2.32. The molecule has 1 aliphatic rings. The summed E-state index contributed by atoms with van der Waals surface area (Å²) in [6.07, 6.45) is 0.485. The molecule has 0 bridgehead atoms. The number of non-ortho nitro benzene ring substituents is 1. The largest absolute Gasteiger partial charge is 0.466 e. The first-order valence-electron chi connectivity index (χ1n) is 14.0. The van der Waals surface area contributed by atoms with E-state index in [1.807, 2.05) is 0 Å². The summed E-state index contributed by atoms with van der Waals surface area (Å²) in [7, 11) is 0. The Morgan fingerprint density at radius 1 is 1.14 bits per heavy atom. The summed E-state index contributed by atoms with van der Waals surface area (Å²) in [4.78, 5) is 64.3. The fraction of sp³-hybridized carbons (Fsp3) is 0.419. The first-order valence-corrected chi connectivity index (χ1v) is 14.0. The van der Waals surface area contributed by atoms with Gasteiger partial charge < -0.3 is 24.6 Å². The van der Waals surface area contributed by atoms with E-state index in [0.717, 1.165) is 0 Å². The Labute approximate surface area is 250 Å². The second kappa shape index (κ2) is 14.8. The average Bonchev–Trinajstić information content (AvgIpc) is 3.03. The van der Waals surface area contributed by atoms with Gasteiger partial charge in [0.05, 0.1) is 35.7 Å². The summed E-state index contributed by atoms with van der Waals surface area (Å²) >= 11 is 0. The van der Waals surface area contributed by atoms with Crippen molar-refractivity contribution in [1.29, 1.82) is 0 Å². The molecule has 1 N–H and O–H groups in total. The number of amides is 3. The fourth-order valence-corrected chi connectivity index (χ4v) is 4.26. The van der Waals surface area contributed by atoms with Gasteiger partial charge in [-0.25, -0.2) is 4.79 Å². The topological polar surface area (TPSA) is 148 Å². The van der Waals surface area contributed by atoms with E-state index in [0.29, 0.717) is 36.2 Å². The number of nitrogens with one attached hydrogen (secondary N) is 1. The van der Waals surface area contributed by atoms with Crippen LogP contribution in [0.2, 0.25) is 0 Å². The Kier molecular flexibility index (Phi) is 11.2. The standard InChI is InChI=1S/C31H36N4O8/c1-5-42-28(37)15-17-33-21-27(36)34(20-23-11-9-12-24(18-23)35(40)41)26-14-13-22(19-25(26)29(33)38)10-7-6-8-16-32-30(39)43-31(2,3)4/h9,11-14,18-19H,5-6,8,15-17,20-21H2,1-4H3,(H,32,39). The number of carbonyl (C=O) groups excluding carboxylic acids is 4. The van der Waals surface area contributed by atoms with E-state index in [1.165, 1.54) is 28.0 Å². The van der Waals surface area contributed by atoms with Crippen molar-refractivity contribution in [3.63, 3.8) is 0 Å². The Morgan fingerprint density at radius 2 is 1.91 bits per heavy atom. The third-order valence-corrected chi connectivity index (χ3v) is 6.16. The van der Waals surface area contributed by atoms with Crippen LogP contribution in [0, 0.1) is 22.0 Å². The lowest BCUT2D eigenvalue weighted by molar-refractivity contribution is -0.384. The zero-order chi connectivity index (χ0) is 31.6. The van der Waals surface area contributed by atoms with Gasteiger partial charge in [-0.15, -0.1) is 0 Å². The number of ether oxygens (including phenoxy) is 2. The van der Waals surface area contributed by atoms with Crippen LogP contribution in [0.25, 0.3) is 0 Å². The quantitative estimate of drug-likeness (QED) is 0.142. The highest BCUT2D eigenvalue weighted by Crippen LogP contribution is 2.29. The van der Waals surface area contributed by atoms with Crippen LogP contribution in [0.5, 0.6) is 0 Å². The van der Waals surface area contributed by atoms with Crippen molar-refractivity contribution < 1.29 is 33.6 Å². The molecule has 0 saturated heterocycles. The highest BCUT2D eigenvalue weighted by atomic mass is 16.6. The number of nitro groups is 1. The van der Waals surface area contributed by atoms with Crippen LogP contribution in [-0.2, 0) is 25.6 Å². The van der Waals surface area contributed by atoms with Crippen molar-refractivity contribution in [2.45, 2.75) is 59.1 Å². The molecule has 0 saturated carbocycles. The second-order valence-corrected chi connectivity index (χ2v) is 10.8. The number of carbonyl (C=O) groups is 4. The highest BCUT2D eigenvalue weighted by molar-refractivity contribution is 6.09. The number of anilines is 1. The maximum Gasteiger partial charge on any atom is 0.407 e. The molecule has 0 aliphatic carbocycles. The summed E-state index contributed by atoms with van der Waals surface area (Å²) < 4.78 is 10.2. The number of hydrogen-bond donors (Lipinski definition) is 1. The van der Waals surface area contributed by atoms with E-state index in [-0.39, 0.29) is 43.9 Å². The van der Waals surface area contributed by atoms with Gasteiger partial charge in [0.15, 0.2) is 0 Å². The van der Waals surface area contributed by atoms with Gasteiger partial charge in [-0.1, -0.05) is 24.0 Å². The van der Waals surface area contributed by atoms with Crippen LogP contribution in [0.15, 0.2) is 42.5 Å². The molecule has 0 aromatic heterocycles. The molecule has 2 aromatic carbocycles. The number of rotatable bonds is 10. The van der Waals surface area contributed by atoms with E-state index in [4.69, 9.17) is 9.47 Å². The zero-order valence-electron chi connectivity index (χ0n) is 24.8. The number of nitro benzene ring substituents is 1. The number of fused-ring (bicyclic) bond motifs is 1. The molecule has 228 valence electrons. The third kappa shape index (κ3) is 9.85. The molecular weight excluding hydrogens is 556 g/mol. The summed E-state index contributed by atoms with van der Waals surface area (Å²) in [5, 5.41) is 14.0. The minimum Gasteiger partial charge on any atom is -0.466 e. The van der Waals surface area contributed by atoms with Crippen molar-refractivity contribution in [2.24, 2.45) is 0 Å². The van der Waals surface area contributed by atoms with Gasteiger partial charge >= 0.3 is 12.1 Å². The molecule has 1 aliphatic heterocycles. The molecule has 3 amide bonds. The van der Waals surface area contributed by atoms with Gasteiger partial charge in [0.25, 0.3) is 11.6 Å². The number of benzene rings is 2. The smallest absolute Gasteiger partial charge is 0.407 e. The molecule has 1 heterocycles. The first kappa shape index (κ1) is 32.6. The maximum atomic E-state index is 13.6. The molecule has 3 rings (SSSR count). The van der Waals surface area contributed by atoms with E-state index >= 15 is 0 Å². The molecule has 0 spiro atoms. The lowest BCUT2D eigenvalue weighted by atomic mass is 10.1. The average molecular weight is 593 g/mol. The molecule has 43 heavy (non-hydrogen) atoms.